The molecule has 1 unspecified atom stereocenters. The van der Waals surface area contributed by atoms with Gasteiger partial charge in [-0.15, -0.1) is 0 Å². The number of carbonyl (C=O) groups is 1. The molecule has 3 nitrogen and oxygen atoms in total. The van der Waals surface area contributed by atoms with Crippen LogP contribution in [0.4, 0.5) is 5.69 Å². The van der Waals surface area contributed by atoms with Crippen LogP contribution in [-0.2, 0) is 4.79 Å². The Morgan fingerprint density at radius 2 is 1.95 bits per heavy atom. The summed E-state index contributed by atoms with van der Waals surface area (Å²) in [5, 5.41) is 0. The minimum atomic E-state index is 0.105. The molecule has 0 aromatic heterocycles. The lowest BCUT2D eigenvalue weighted by Crippen LogP contribution is -2.29. The van der Waals surface area contributed by atoms with Crippen LogP contribution in [0.1, 0.15) is 32.8 Å². The van der Waals surface area contributed by atoms with Crippen molar-refractivity contribution in [3.63, 3.8) is 0 Å². The molecule has 1 aromatic carbocycles. The first-order valence-electron chi connectivity index (χ1n) is 7.19. The highest BCUT2D eigenvalue weighted by Gasteiger charge is 2.32. The summed E-state index contributed by atoms with van der Waals surface area (Å²) in [7, 11) is 0. The Morgan fingerprint density at radius 1 is 1.30 bits per heavy atom. The Morgan fingerprint density at radius 3 is 2.50 bits per heavy atom. The molecule has 0 spiro atoms. The van der Waals surface area contributed by atoms with Crippen molar-refractivity contribution < 1.29 is 4.79 Å². The molecule has 1 aromatic rings. The molecule has 1 aliphatic rings. The van der Waals surface area contributed by atoms with Crippen molar-refractivity contribution >= 4 is 17.7 Å². The average Bonchev–Trinajstić information content (AvgIpc) is 2.87. The Bertz CT molecular complexity index is 497. The zero-order chi connectivity index (χ0) is 14.8. The first kappa shape index (κ1) is 14.6. The highest BCUT2D eigenvalue weighted by Crippen LogP contribution is 2.33. The Balaban J connectivity index is 1.94. The molecule has 0 aliphatic carbocycles. The predicted octanol–water partition coefficient (Wildman–Crippen LogP) is 3.18. The van der Waals surface area contributed by atoms with E-state index in [0.717, 1.165) is 30.8 Å². The summed E-state index contributed by atoms with van der Waals surface area (Å²) in [5.74, 6) is 0.699. The van der Waals surface area contributed by atoms with Gasteiger partial charge >= 0.3 is 0 Å². The first-order chi connectivity index (χ1) is 9.36. The number of nitrogens with two attached hydrogens (primary N) is 1. The number of nitrogens with zero attached hydrogens (tertiary/aromatic N) is 1. The largest absolute Gasteiger partial charge is 0.399 e. The fourth-order valence-electron chi connectivity index (χ4n) is 2.55. The smallest absolute Gasteiger partial charge is 0.246 e. The van der Waals surface area contributed by atoms with Crippen LogP contribution in [0.15, 0.2) is 30.3 Å². The molecule has 1 fully saturated rings. The van der Waals surface area contributed by atoms with Gasteiger partial charge in [0.1, 0.15) is 0 Å². The molecule has 2 N–H and O–H groups in total. The van der Waals surface area contributed by atoms with E-state index in [2.05, 4.69) is 20.8 Å². The fraction of sp³-hybridized carbons (Fsp3) is 0.471. The lowest BCUT2D eigenvalue weighted by atomic mass is 9.80. The van der Waals surface area contributed by atoms with Gasteiger partial charge in [0.15, 0.2) is 0 Å². The summed E-state index contributed by atoms with van der Waals surface area (Å²) in [6.07, 6.45) is 4.62. The van der Waals surface area contributed by atoms with E-state index >= 15 is 0 Å². The monoisotopic (exact) mass is 272 g/mol. The van der Waals surface area contributed by atoms with Crippen molar-refractivity contribution in [2.24, 2.45) is 11.3 Å². The molecule has 0 saturated carbocycles. The molecule has 3 heteroatoms. The molecule has 20 heavy (non-hydrogen) atoms. The molecule has 108 valence electrons. The van der Waals surface area contributed by atoms with E-state index in [9.17, 15) is 4.79 Å². The normalized spacial score (nSPS) is 19.8. The van der Waals surface area contributed by atoms with Gasteiger partial charge in [-0.3, -0.25) is 4.79 Å². The van der Waals surface area contributed by atoms with Gasteiger partial charge < -0.3 is 10.6 Å². The summed E-state index contributed by atoms with van der Waals surface area (Å²) in [6.45, 7) is 8.48. The van der Waals surface area contributed by atoms with Gasteiger partial charge in [-0.2, -0.15) is 0 Å². The lowest BCUT2D eigenvalue weighted by Gasteiger charge is -2.26. The topological polar surface area (TPSA) is 46.3 Å². The third-order valence-corrected chi connectivity index (χ3v) is 4.08. The molecule has 0 radical (unpaired) electrons. The second kappa shape index (κ2) is 5.70. The molecule has 1 atom stereocenters. The summed E-state index contributed by atoms with van der Waals surface area (Å²) >= 11 is 0. The van der Waals surface area contributed by atoms with Gasteiger partial charge in [0.25, 0.3) is 0 Å². The number of rotatable bonds is 2. The Hall–Kier alpha value is -1.77. The number of likely N-dealkylation sites (tertiary alicyclic amines) is 1. The number of anilines is 1. The number of hydrogen-bond donors (Lipinski definition) is 1. The summed E-state index contributed by atoms with van der Waals surface area (Å²) in [5.41, 5.74) is 7.65. The van der Waals surface area contributed by atoms with Crippen LogP contribution in [-0.4, -0.2) is 23.9 Å². The number of hydrogen-bond acceptors (Lipinski definition) is 2. The highest BCUT2D eigenvalue weighted by molar-refractivity contribution is 5.92. The third kappa shape index (κ3) is 3.62. The van der Waals surface area contributed by atoms with E-state index in [1.165, 1.54) is 0 Å². The molecule has 1 aliphatic heterocycles. The minimum absolute atomic E-state index is 0.105. The first-order valence-corrected chi connectivity index (χ1v) is 7.19. The van der Waals surface area contributed by atoms with E-state index in [4.69, 9.17) is 5.73 Å². The van der Waals surface area contributed by atoms with Crippen molar-refractivity contribution in [3.05, 3.63) is 35.9 Å². The van der Waals surface area contributed by atoms with Gasteiger partial charge in [0.05, 0.1) is 0 Å². The van der Waals surface area contributed by atoms with Crippen molar-refractivity contribution in [2.75, 3.05) is 18.8 Å². The fourth-order valence-corrected chi connectivity index (χ4v) is 2.55. The molecule has 2 rings (SSSR count). The van der Waals surface area contributed by atoms with Gasteiger partial charge in [-0.1, -0.05) is 32.9 Å². The van der Waals surface area contributed by atoms with Gasteiger partial charge in [-0.25, -0.2) is 0 Å². The van der Waals surface area contributed by atoms with Crippen molar-refractivity contribution in [1.29, 1.82) is 0 Å². The standard InChI is InChI=1S/C17H24N2O/c1-17(2,3)14-10-11-19(12-14)16(20)9-6-13-4-7-15(18)8-5-13/h4-9,14H,10-12,18H2,1-3H3/b9-6+. The van der Waals surface area contributed by atoms with Crippen LogP contribution in [0.25, 0.3) is 6.08 Å². The summed E-state index contributed by atoms with van der Waals surface area (Å²) in [6, 6.07) is 7.52. The molecule has 0 bridgehead atoms. The van der Waals surface area contributed by atoms with Gasteiger partial charge in [0, 0.05) is 24.9 Å². The van der Waals surface area contributed by atoms with Crippen molar-refractivity contribution in [2.45, 2.75) is 27.2 Å². The molecule has 1 amide bonds. The third-order valence-electron chi connectivity index (χ3n) is 4.08. The zero-order valence-corrected chi connectivity index (χ0v) is 12.6. The molecular weight excluding hydrogens is 248 g/mol. The van der Waals surface area contributed by atoms with E-state index < -0.39 is 0 Å². The minimum Gasteiger partial charge on any atom is -0.399 e. The van der Waals surface area contributed by atoms with E-state index in [1.54, 1.807) is 6.08 Å². The van der Waals surface area contributed by atoms with E-state index in [-0.39, 0.29) is 11.3 Å². The van der Waals surface area contributed by atoms with Crippen LogP contribution in [0.2, 0.25) is 0 Å². The lowest BCUT2D eigenvalue weighted by molar-refractivity contribution is -0.125. The maximum absolute atomic E-state index is 12.2. The van der Waals surface area contributed by atoms with Crippen LogP contribution in [0, 0.1) is 11.3 Å². The van der Waals surface area contributed by atoms with Crippen LogP contribution >= 0.6 is 0 Å². The van der Waals surface area contributed by atoms with Crippen LogP contribution in [0.3, 0.4) is 0 Å². The van der Waals surface area contributed by atoms with Crippen LogP contribution in [0.5, 0.6) is 0 Å². The predicted molar refractivity (Wildman–Crippen MR) is 84.0 cm³/mol. The molecule has 1 saturated heterocycles. The maximum atomic E-state index is 12.2. The zero-order valence-electron chi connectivity index (χ0n) is 12.6. The second-order valence-corrected chi connectivity index (χ2v) is 6.64. The maximum Gasteiger partial charge on any atom is 0.246 e. The number of benzene rings is 1. The summed E-state index contributed by atoms with van der Waals surface area (Å²) in [4.78, 5) is 14.1. The van der Waals surface area contributed by atoms with E-state index in [0.29, 0.717) is 5.92 Å². The molecule has 1 heterocycles. The second-order valence-electron chi connectivity index (χ2n) is 6.64. The Labute approximate surface area is 121 Å². The SMILES string of the molecule is CC(C)(C)C1CCN(C(=O)/C=C/c2ccc(N)cc2)C1. The van der Waals surface area contributed by atoms with E-state index in [1.807, 2.05) is 35.2 Å². The van der Waals surface area contributed by atoms with Crippen molar-refractivity contribution in [1.82, 2.24) is 4.90 Å². The average molecular weight is 272 g/mol. The van der Waals surface area contributed by atoms with Crippen molar-refractivity contribution in [3.8, 4) is 0 Å². The molecular formula is C17H24N2O. The number of amides is 1. The number of carbonyl (C=O) groups excluding carboxylic acids is 1. The highest BCUT2D eigenvalue weighted by atomic mass is 16.2. The Kier molecular flexibility index (Phi) is 4.17. The van der Waals surface area contributed by atoms with Gasteiger partial charge in [0.2, 0.25) is 5.91 Å². The van der Waals surface area contributed by atoms with Crippen LogP contribution < -0.4 is 5.73 Å². The number of nitrogen functional groups attached to an aromatic ring is 1. The summed E-state index contributed by atoms with van der Waals surface area (Å²) < 4.78 is 0. The quantitative estimate of drug-likeness (QED) is 0.664. The van der Waals surface area contributed by atoms with Gasteiger partial charge in [-0.05, 0) is 41.5 Å².